The molecule has 0 saturated carbocycles. The van der Waals surface area contributed by atoms with Gasteiger partial charge >= 0.3 is 5.76 Å². The Bertz CT molecular complexity index is 775. The van der Waals surface area contributed by atoms with Crippen molar-refractivity contribution in [2.24, 2.45) is 0 Å². The van der Waals surface area contributed by atoms with Crippen molar-refractivity contribution in [2.75, 3.05) is 0 Å². The van der Waals surface area contributed by atoms with Crippen molar-refractivity contribution in [1.82, 2.24) is 9.72 Å². The molecule has 3 aromatic rings. The Balaban J connectivity index is 2.08. The van der Waals surface area contributed by atoms with E-state index in [9.17, 15) is 9.18 Å². The van der Waals surface area contributed by atoms with Crippen LogP contribution < -0.4 is 5.76 Å². The van der Waals surface area contributed by atoms with Crippen molar-refractivity contribution in [3.8, 4) is 10.7 Å². The third kappa shape index (κ3) is 2.28. The second-order valence-corrected chi connectivity index (χ2v) is 5.39. The third-order valence-electron chi connectivity index (χ3n) is 2.81. The minimum Gasteiger partial charge on any atom is -0.295 e. The quantitative estimate of drug-likeness (QED) is 0.745. The van der Waals surface area contributed by atoms with Gasteiger partial charge in [-0.1, -0.05) is 28.9 Å². The predicted molar refractivity (Wildman–Crippen MR) is 74.6 cm³/mol. The molecule has 2 aromatic heterocycles. The second-order valence-electron chi connectivity index (χ2n) is 4.04. The lowest BCUT2D eigenvalue weighted by atomic mass is 10.2. The van der Waals surface area contributed by atoms with Crippen molar-refractivity contribution in [1.29, 1.82) is 0 Å². The summed E-state index contributed by atoms with van der Waals surface area (Å²) in [5.41, 5.74) is 0.234. The van der Waals surface area contributed by atoms with Gasteiger partial charge in [-0.25, -0.2) is 9.18 Å². The molecule has 0 bridgehead atoms. The number of thiophene rings is 1. The van der Waals surface area contributed by atoms with E-state index < -0.39 is 11.6 Å². The van der Waals surface area contributed by atoms with E-state index in [4.69, 9.17) is 11.6 Å². The van der Waals surface area contributed by atoms with Crippen LogP contribution in [0.15, 0.2) is 45.0 Å². The van der Waals surface area contributed by atoms with Crippen LogP contribution in [0.1, 0.15) is 5.56 Å². The molecule has 7 heteroatoms. The SMILES string of the molecule is O=c1onc(-c2cccs2)n1Cc1c(F)cccc1Cl. The van der Waals surface area contributed by atoms with Gasteiger partial charge in [0.25, 0.3) is 0 Å². The number of halogens is 2. The van der Waals surface area contributed by atoms with E-state index in [2.05, 4.69) is 9.68 Å². The first-order valence-corrected chi connectivity index (χ1v) is 6.96. The maximum absolute atomic E-state index is 13.8. The van der Waals surface area contributed by atoms with Gasteiger partial charge in [0, 0.05) is 10.6 Å². The lowest BCUT2D eigenvalue weighted by molar-refractivity contribution is 0.378. The molecular weight excluding hydrogens is 303 g/mol. The average Bonchev–Trinajstić information content (AvgIpc) is 3.04. The zero-order chi connectivity index (χ0) is 14.1. The number of hydrogen-bond donors (Lipinski definition) is 0. The van der Waals surface area contributed by atoms with Gasteiger partial charge in [-0.15, -0.1) is 11.3 Å². The molecular formula is C13H8ClFN2O2S. The van der Waals surface area contributed by atoms with Crippen molar-refractivity contribution >= 4 is 22.9 Å². The molecule has 0 spiro atoms. The maximum Gasteiger partial charge on any atom is 0.442 e. The molecule has 0 fully saturated rings. The summed E-state index contributed by atoms with van der Waals surface area (Å²) in [4.78, 5) is 12.5. The highest BCUT2D eigenvalue weighted by molar-refractivity contribution is 7.13. The van der Waals surface area contributed by atoms with E-state index in [1.807, 2.05) is 11.4 Å². The maximum atomic E-state index is 13.8. The van der Waals surface area contributed by atoms with Crippen LogP contribution >= 0.6 is 22.9 Å². The normalized spacial score (nSPS) is 10.9. The van der Waals surface area contributed by atoms with Crippen LogP contribution in [-0.4, -0.2) is 9.72 Å². The predicted octanol–water partition coefficient (Wildman–Crippen LogP) is 3.41. The molecule has 0 radical (unpaired) electrons. The number of aromatic nitrogens is 2. The third-order valence-corrected chi connectivity index (χ3v) is 4.03. The molecule has 0 aliphatic carbocycles. The van der Waals surface area contributed by atoms with Gasteiger partial charge in [0.1, 0.15) is 5.82 Å². The van der Waals surface area contributed by atoms with E-state index in [0.717, 1.165) is 4.88 Å². The Hall–Kier alpha value is -1.92. The van der Waals surface area contributed by atoms with Gasteiger partial charge in [-0.05, 0) is 23.6 Å². The zero-order valence-electron chi connectivity index (χ0n) is 10.0. The Kier molecular flexibility index (Phi) is 3.42. The number of hydrogen-bond acceptors (Lipinski definition) is 4. The molecule has 3 rings (SSSR count). The Labute approximate surface area is 122 Å². The fourth-order valence-electron chi connectivity index (χ4n) is 1.83. The molecule has 0 N–H and O–H groups in total. The van der Waals surface area contributed by atoms with Crippen LogP contribution in [0, 0.1) is 5.82 Å². The molecule has 0 unspecified atom stereocenters. The highest BCUT2D eigenvalue weighted by Crippen LogP contribution is 2.24. The minimum absolute atomic E-state index is 0.0267. The van der Waals surface area contributed by atoms with Gasteiger partial charge in [-0.3, -0.25) is 9.09 Å². The molecule has 2 heterocycles. The van der Waals surface area contributed by atoms with Crippen LogP contribution in [0.25, 0.3) is 10.7 Å². The lowest BCUT2D eigenvalue weighted by Gasteiger charge is -2.06. The molecule has 0 saturated heterocycles. The lowest BCUT2D eigenvalue weighted by Crippen LogP contribution is -2.17. The molecule has 20 heavy (non-hydrogen) atoms. The van der Waals surface area contributed by atoms with E-state index in [0.29, 0.717) is 5.82 Å². The molecule has 0 amide bonds. The van der Waals surface area contributed by atoms with Crippen molar-refractivity contribution in [2.45, 2.75) is 6.54 Å². The molecule has 0 aliphatic rings. The zero-order valence-corrected chi connectivity index (χ0v) is 11.6. The molecule has 4 nitrogen and oxygen atoms in total. The van der Waals surface area contributed by atoms with Gasteiger partial charge in [-0.2, -0.15) is 0 Å². The highest BCUT2D eigenvalue weighted by atomic mass is 35.5. The van der Waals surface area contributed by atoms with Crippen molar-refractivity contribution < 1.29 is 8.91 Å². The first-order valence-electron chi connectivity index (χ1n) is 5.70. The number of rotatable bonds is 3. The second kappa shape index (κ2) is 5.22. The summed E-state index contributed by atoms with van der Waals surface area (Å²) in [6.07, 6.45) is 0. The Morgan fingerprint density at radius 3 is 2.90 bits per heavy atom. The van der Waals surface area contributed by atoms with Gasteiger partial charge < -0.3 is 0 Å². The molecule has 1 aromatic carbocycles. The fraction of sp³-hybridized carbons (Fsp3) is 0.0769. The van der Waals surface area contributed by atoms with Gasteiger partial charge in [0.05, 0.1) is 11.4 Å². The van der Waals surface area contributed by atoms with E-state index in [1.54, 1.807) is 12.1 Å². The smallest absolute Gasteiger partial charge is 0.295 e. The summed E-state index contributed by atoms with van der Waals surface area (Å²) in [6.45, 7) is -0.0267. The van der Waals surface area contributed by atoms with Crippen molar-refractivity contribution in [3.05, 3.63) is 62.7 Å². The summed E-state index contributed by atoms with van der Waals surface area (Å²) in [5, 5.41) is 5.85. The minimum atomic E-state index is -0.646. The number of benzene rings is 1. The summed E-state index contributed by atoms with van der Waals surface area (Å²) in [7, 11) is 0. The summed E-state index contributed by atoms with van der Waals surface area (Å²) in [5.74, 6) is -0.750. The standard InChI is InChI=1S/C13H8ClFN2O2S/c14-9-3-1-4-10(15)8(9)7-17-12(16-19-13(17)18)11-5-2-6-20-11/h1-6H,7H2. The van der Waals surface area contributed by atoms with E-state index in [-0.39, 0.29) is 17.1 Å². The van der Waals surface area contributed by atoms with E-state index >= 15 is 0 Å². The monoisotopic (exact) mass is 310 g/mol. The van der Waals surface area contributed by atoms with Crippen molar-refractivity contribution in [3.63, 3.8) is 0 Å². The first kappa shape index (κ1) is 13.1. The Morgan fingerprint density at radius 2 is 2.20 bits per heavy atom. The molecule has 0 aliphatic heterocycles. The summed E-state index contributed by atoms with van der Waals surface area (Å²) < 4.78 is 19.7. The van der Waals surface area contributed by atoms with Crippen LogP contribution in [0.4, 0.5) is 4.39 Å². The molecule has 0 atom stereocenters. The first-order chi connectivity index (χ1) is 9.66. The summed E-state index contributed by atoms with van der Waals surface area (Å²) in [6, 6.07) is 8.02. The average molecular weight is 311 g/mol. The fourth-order valence-corrected chi connectivity index (χ4v) is 2.77. The van der Waals surface area contributed by atoms with Crippen LogP contribution in [0.3, 0.4) is 0 Å². The van der Waals surface area contributed by atoms with Crippen LogP contribution in [0.2, 0.25) is 5.02 Å². The molecule has 102 valence electrons. The van der Waals surface area contributed by atoms with Gasteiger partial charge in [0.15, 0.2) is 5.82 Å². The topological polar surface area (TPSA) is 48.0 Å². The highest BCUT2D eigenvalue weighted by Gasteiger charge is 2.17. The largest absolute Gasteiger partial charge is 0.442 e. The van der Waals surface area contributed by atoms with Crippen LogP contribution in [-0.2, 0) is 6.54 Å². The Morgan fingerprint density at radius 1 is 1.35 bits per heavy atom. The van der Waals surface area contributed by atoms with Gasteiger partial charge in [0.2, 0.25) is 0 Å². The van der Waals surface area contributed by atoms with E-state index in [1.165, 1.54) is 28.0 Å². The summed E-state index contributed by atoms with van der Waals surface area (Å²) >= 11 is 7.39. The number of nitrogens with zero attached hydrogens (tertiary/aromatic N) is 2. The van der Waals surface area contributed by atoms with Crippen LogP contribution in [0.5, 0.6) is 0 Å².